The summed E-state index contributed by atoms with van der Waals surface area (Å²) in [5.41, 5.74) is -0.472. The number of rotatable bonds is 5. The molecular weight excluding hydrogens is 355 g/mol. The Morgan fingerprint density at radius 1 is 1.20 bits per heavy atom. The maximum Gasteiger partial charge on any atom is 0.416 e. The van der Waals surface area contributed by atoms with Crippen molar-refractivity contribution in [1.29, 1.82) is 0 Å². The van der Waals surface area contributed by atoms with Crippen LogP contribution in [0.3, 0.4) is 0 Å². The number of amides is 1. The Morgan fingerprint density at radius 2 is 1.96 bits per heavy atom. The Balaban J connectivity index is 1.53. The number of halogens is 3. The van der Waals surface area contributed by atoms with Gasteiger partial charge >= 0.3 is 6.18 Å². The Hall–Kier alpha value is -2.68. The van der Waals surface area contributed by atoms with E-state index >= 15 is 0 Å². The molecule has 0 atom stereocenters. The first kappa shape index (κ1) is 17.2. The van der Waals surface area contributed by atoms with Crippen LogP contribution in [-0.4, -0.2) is 16.0 Å². The number of anilines is 1. The summed E-state index contributed by atoms with van der Waals surface area (Å²) >= 11 is 1.47. The van der Waals surface area contributed by atoms with Crippen molar-refractivity contribution in [3.63, 3.8) is 0 Å². The van der Waals surface area contributed by atoms with Crippen LogP contribution < -0.4 is 5.32 Å². The van der Waals surface area contributed by atoms with Crippen molar-refractivity contribution in [1.82, 2.24) is 10.1 Å². The molecule has 3 aromatic rings. The quantitative estimate of drug-likeness (QED) is 0.726. The van der Waals surface area contributed by atoms with Crippen molar-refractivity contribution in [3.8, 4) is 10.7 Å². The monoisotopic (exact) mass is 367 g/mol. The van der Waals surface area contributed by atoms with E-state index in [1.54, 1.807) is 0 Å². The van der Waals surface area contributed by atoms with Crippen LogP contribution in [0.5, 0.6) is 0 Å². The molecule has 0 radical (unpaired) electrons. The summed E-state index contributed by atoms with van der Waals surface area (Å²) in [6.07, 6.45) is -4.08. The second-order valence-corrected chi connectivity index (χ2v) is 6.06. The minimum absolute atomic E-state index is 0.0765. The molecule has 2 heterocycles. The topological polar surface area (TPSA) is 68.0 Å². The van der Waals surface area contributed by atoms with E-state index in [2.05, 4.69) is 15.5 Å². The minimum atomic E-state index is -4.40. The Morgan fingerprint density at radius 3 is 2.60 bits per heavy atom. The largest absolute Gasteiger partial charge is 0.416 e. The van der Waals surface area contributed by atoms with Crippen LogP contribution in [0.25, 0.3) is 10.7 Å². The number of aromatic nitrogens is 2. The number of thiophene rings is 1. The number of hydrogen-bond donors (Lipinski definition) is 1. The van der Waals surface area contributed by atoms with Gasteiger partial charge < -0.3 is 9.84 Å². The molecule has 3 rings (SSSR count). The fraction of sp³-hybridized carbons (Fsp3) is 0.188. The molecule has 0 fully saturated rings. The molecule has 130 valence electrons. The van der Waals surface area contributed by atoms with E-state index in [1.807, 2.05) is 17.5 Å². The number of carbonyl (C=O) groups excluding carboxylic acids is 1. The van der Waals surface area contributed by atoms with Crippen molar-refractivity contribution in [2.24, 2.45) is 0 Å². The first-order valence-electron chi connectivity index (χ1n) is 7.25. The van der Waals surface area contributed by atoms with E-state index in [-0.39, 0.29) is 18.7 Å². The molecule has 1 N–H and O–H groups in total. The third-order valence-corrected chi connectivity index (χ3v) is 4.14. The Labute approximate surface area is 144 Å². The maximum absolute atomic E-state index is 12.5. The van der Waals surface area contributed by atoms with E-state index in [9.17, 15) is 18.0 Å². The number of carbonyl (C=O) groups is 1. The van der Waals surface area contributed by atoms with Crippen molar-refractivity contribution in [2.75, 3.05) is 5.32 Å². The molecule has 0 aliphatic rings. The van der Waals surface area contributed by atoms with Gasteiger partial charge in [-0.15, -0.1) is 11.3 Å². The Bertz CT molecular complexity index is 842. The van der Waals surface area contributed by atoms with Gasteiger partial charge in [-0.05, 0) is 35.7 Å². The van der Waals surface area contributed by atoms with Gasteiger partial charge in [0.15, 0.2) is 0 Å². The molecule has 0 aliphatic carbocycles. The minimum Gasteiger partial charge on any atom is -0.339 e. The first-order valence-corrected chi connectivity index (χ1v) is 8.13. The summed E-state index contributed by atoms with van der Waals surface area (Å²) < 4.78 is 42.5. The van der Waals surface area contributed by atoms with E-state index < -0.39 is 11.7 Å². The first-order chi connectivity index (χ1) is 11.9. The molecule has 0 saturated heterocycles. The fourth-order valence-corrected chi connectivity index (χ4v) is 2.70. The van der Waals surface area contributed by atoms with Gasteiger partial charge in [-0.3, -0.25) is 4.79 Å². The summed E-state index contributed by atoms with van der Waals surface area (Å²) in [7, 11) is 0. The third-order valence-electron chi connectivity index (χ3n) is 3.27. The van der Waals surface area contributed by atoms with Crippen LogP contribution in [0, 0.1) is 0 Å². The number of alkyl halides is 3. The highest BCUT2D eigenvalue weighted by molar-refractivity contribution is 7.13. The van der Waals surface area contributed by atoms with E-state index in [1.165, 1.54) is 23.5 Å². The predicted molar refractivity (Wildman–Crippen MR) is 86.0 cm³/mol. The summed E-state index contributed by atoms with van der Waals surface area (Å²) in [6.45, 7) is 0. The van der Waals surface area contributed by atoms with E-state index in [0.717, 1.165) is 17.0 Å². The smallest absolute Gasteiger partial charge is 0.339 e. The molecule has 0 saturated carbocycles. The molecular formula is C16H12F3N3O2S. The van der Waals surface area contributed by atoms with Gasteiger partial charge in [-0.1, -0.05) is 11.2 Å². The van der Waals surface area contributed by atoms with Crippen LogP contribution in [0.2, 0.25) is 0 Å². The van der Waals surface area contributed by atoms with Gasteiger partial charge in [0.25, 0.3) is 0 Å². The summed E-state index contributed by atoms with van der Waals surface area (Å²) in [5.74, 6) is 0.440. The average Bonchev–Trinajstić information content (AvgIpc) is 3.24. The highest BCUT2D eigenvalue weighted by Gasteiger charge is 2.29. The molecule has 5 nitrogen and oxygen atoms in total. The van der Waals surface area contributed by atoms with Crippen molar-refractivity contribution < 1.29 is 22.5 Å². The lowest BCUT2D eigenvalue weighted by atomic mass is 10.2. The number of benzene rings is 1. The normalized spacial score (nSPS) is 11.5. The average molecular weight is 367 g/mol. The van der Waals surface area contributed by atoms with Gasteiger partial charge in [0.1, 0.15) is 0 Å². The molecule has 0 unspecified atom stereocenters. The molecule has 1 aromatic carbocycles. The van der Waals surface area contributed by atoms with E-state index in [0.29, 0.717) is 17.4 Å². The third kappa shape index (κ3) is 4.44. The number of hydrogen-bond acceptors (Lipinski definition) is 5. The molecule has 9 heteroatoms. The molecule has 0 aliphatic heterocycles. The van der Waals surface area contributed by atoms with Gasteiger partial charge in [0.2, 0.25) is 17.6 Å². The van der Waals surface area contributed by atoms with Crippen LogP contribution in [-0.2, 0) is 17.4 Å². The number of aryl methyl sites for hydroxylation is 1. The predicted octanol–water partition coefficient (Wildman–Crippen LogP) is 4.39. The summed E-state index contributed by atoms with van der Waals surface area (Å²) in [4.78, 5) is 16.9. The Kier molecular flexibility index (Phi) is 4.84. The molecule has 0 spiro atoms. The fourth-order valence-electron chi connectivity index (χ4n) is 2.05. The van der Waals surface area contributed by atoms with Crippen LogP contribution in [0.15, 0.2) is 46.3 Å². The standard InChI is InChI=1S/C16H12F3N3O2S/c17-16(18,19)10-3-5-11(6-4-10)20-13(23)7-8-14-21-15(22-24-14)12-2-1-9-25-12/h1-6,9H,7-8H2,(H,20,23). The zero-order valence-electron chi connectivity index (χ0n) is 12.7. The molecule has 25 heavy (non-hydrogen) atoms. The van der Waals surface area contributed by atoms with Gasteiger partial charge in [0.05, 0.1) is 10.4 Å². The van der Waals surface area contributed by atoms with E-state index in [4.69, 9.17) is 4.52 Å². The van der Waals surface area contributed by atoms with Crippen LogP contribution in [0.1, 0.15) is 17.9 Å². The summed E-state index contributed by atoms with van der Waals surface area (Å²) in [5, 5.41) is 8.26. The van der Waals surface area contributed by atoms with Crippen LogP contribution in [0.4, 0.5) is 18.9 Å². The highest BCUT2D eigenvalue weighted by Crippen LogP contribution is 2.29. The zero-order valence-corrected chi connectivity index (χ0v) is 13.5. The molecule has 2 aromatic heterocycles. The lowest BCUT2D eigenvalue weighted by Gasteiger charge is -2.08. The van der Waals surface area contributed by atoms with Crippen molar-refractivity contribution in [3.05, 3.63) is 53.2 Å². The van der Waals surface area contributed by atoms with Gasteiger partial charge in [-0.2, -0.15) is 18.2 Å². The number of nitrogens with zero attached hydrogens (tertiary/aromatic N) is 2. The summed E-state index contributed by atoms with van der Waals surface area (Å²) in [6, 6.07) is 7.98. The number of nitrogens with one attached hydrogen (secondary N) is 1. The highest BCUT2D eigenvalue weighted by atomic mass is 32.1. The molecule has 0 bridgehead atoms. The second kappa shape index (κ2) is 7.06. The van der Waals surface area contributed by atoms with Gasteiger partial charge in [-0.25, -0.2) is 0 Å². The molecule has 1 amide bonds. The van der Waals surface area contributed by atoms with Crippen molar-refractivity contribution in [2.45, 2.75) is 19.0 Å². The second-order valence-electron chi connectivity index (χ2n) is 5.11. The SMILES string of the molecule is O=C(CCc1nc(-c2cccs2)no1)Nc1ccc(C(F)(F)F)cc1. The lowest BCUT2D eigenvalue weighted by molar-refractivity contribution is -0.137. The van der Waals surface area contributed by atoms with Gasteiger partial charge in [0, 0.05) is 18.5 Å². The zero-order chi connectivity index (χ0) is 17.9. The lowest BCUT2D eigenvalue weighted by Crippen LogP contribution is -2.13. The maximum atomic E-state index is 12.5. The van der Waals surface area contributed by atoms with Crippen LogP contribution >= 0.6 is 11.3 Å². The van der Waals surface area contributed by atoms with Crippen molar-refractivity contribution >= 4 is 22.9 Å².